The largest absolute Gasteiger partial charge is 0.493 e. The van der Waals surface area contributed by atoms with Gasteiger partial charge in [-0.3, -0.25) is 4.48 Å². The number of rotatable bonds is 1. The lowest BCUT2D eigenvalue weighted by atomic mass is 9.49. The molecule has 1 aliphatic heterocycles. The number of fused-ring (bicyclic) bond motifs is 3. The molecule has 0 atom stereocenters. The van der Waals surface area contributed by atoms with E-state index in [4.69, 9.17) is 0 Å². The summed E-state index contributed by atoms with van der Waals surface area (Å²) in [6, 6.07) is 19.5. The highest BCUT2D eigenvalue weighted by Crippen LogP contribution is 2.20. The van der Waals surface area contributed by atoms with Crippen molar-refractivity contribution in [3.05, 3.63) is 72.8 Å². The third-order valence-corrected chi connectivity index (χ3v) is 5.17. The molecule has 2 heterocycles. The fourth-order valence-corrected chi connectivity index (χ4v) is 3.79. The molecule has 0 unspecified atom stereocenters. The summed E-state index contributed by atoms with van der Waals surface area (Å²) in [5, 5.41) is 0. The maximum Gasteiger partial charge on any atom is 0.493 e. The lowest BCUT2D eigenvalue weighted by Crippen LogP contribution is -2.71. The van der Waals surface area contributed by atoms with E-state index in [-0.39, 0.29) is 6.98 Å². The minimum Gasteiger partial charge on any atom is -0.336 e. The van der Waals surface area contributed by atoms with Gasteiger partial charge in [-0.1, -0.05) is 65.8 Å². The molecule has 0 bridgehead atoms. The minimum atomic E-state index is 0.122. The molecule has 0 amide bonds. The third-order valence-electron chi connectivity index (χ3n) is 5.17. The monoisotopic (exact) mass is 312 g/mol. The molecule has 0 spiro atoms. The Kier molecular flexibility index (Phi) is 3.73. The van der Waals surface area contributed by atoms with Crippen LogP contribution < -0.4 is 15.4 Å². The molecule has 0 N–H and O–H groups in total. The number of aryl methyl sites for hydroxylation is 1. The summed E-state index contributed by atoms with van der Waals surface area (Å²) < 4.78 is 4.70. The van der Waals surface area contributed by atoms with Crippen LogP contribution in [0.5, 0.6) is 0 Å². The van der Waals surface area contributed by atoms with Crippen molar-refractivity contribution in [2.45, 2.75) is 13.7 Å². The number of hydrogen-bond acceptors (Lipinski definition) is 2. The average Bonchev–Trinajstić information content (AvgIpc) is 2.71. The first-order chi connectivity index (χ1) is 11.7. The fourth-order valence-electron chi connectivity index (χ4n) is 3.79. The zero-order valence-electron chi connectivity index (χ0n) is 14.3. The first-order valence-electron chi connectivity index (χ1n) is 8.41. The van der Waals surface area contributed by atoms with Crippen molar-refractivity contribution in [2.24, 2.45) is 0 Å². The summed E-state index contributed by atoms with van der Waals surface area (Å²) >= 11 is 0. The highest BCUT2D eigenvalue weighted by molar-refractivity contribution is 6.84. The molecule has 116 valence electrons. The number of aromatic nitrogens is 2. The Balaban J connectivity index is 2.02. The Morgan fingerprint density at radius 3 is 2.25 bits per heavy atom. The van der Waals surface area contributed by atoms with Gasteiger partial charge in [0.2, 0.25) is 6.85 Å². The second-order valence-electron chi connectivity index (χ2n) is 6.46. The van der Waals surface area contributed by atoms with E-state index >= 15 is 0 Å². The van der Waals surface area contributed by atoms with Crippen molar-refractivity contribution in [3.63, 3.8) is 0 Å². The van der Waals surface area contributed by atoms with Crippen LogP contribution in [0.4, 0.5) is 0 Å². The second kappa shape index (κ2) is 5.91. The molecule has 5 heteroatoms. The number of hydrogen-bond donors (Lipinski definition) is 0. The highest BCUT2D eigenvalue weighted by atomic mass is 15.1. The Morgan fingerprint density at radius 1 is 0.917 bits per heavy atom. The molecule has 0 radical (unpaired) electrons. The highest BCUT2D eigenvalue weighted by Gasteiger charge is 2.42. The van der Waals surface area contributed by atoms with E-state index in [0.717, 1.165) is 5.82 Å². The van der Waals surface area contributed by atoms with Crippen LogP contribution in [0.25, 0.3) is 11.1 Å². The van der Waals surface area contributed by atoms with E-state index in [1.807, 2.05) is 12.3 Å². The predicted molar refractivity (Wildman–Crippen MR) is 101 cm³/mol. The Morgan fingerprint density at radius 2 is 1.54 bits per heavy atom. The van der Waals surface area contributed by atoms with Crippen molar-refractivity contribution in [2.75, 3.05) is 7.05 Å². The van der Waals surface area contributed by atoms with Crippen molar-refractivity contribution in [3.8, 4) is 11.1 Å². The molecule has 3 aromatic rings. The summed E-state index contributed by atoms with van der Waals surface area (Å²) in [5.74, 6) is 1.02. The minimum absolute atomic E-state index is 0.122. The maximum absolute atomic E-state index is 4.50. The van der Waals surface area contributed by atoms with Crippen LogP contribution in [0.2, 0.25) is 6.82 Å². The van der Waals surface area contributed by atoms with E-state index in [0.29, 0.717) is 6.85 Å². The SMILES string of the molecule is CB1c2ccccc2-c2ccccc2B([n+]2cccnc2C)N1C. The Labute approximate surface area is 144 Å². The molecule has 1 aromatic heterocycles. The molecule has 0 fully saturated rings. The van der Waals surface area contributed by atoms with Gasteiger partial charge in [0.1, 0.15) is 6.20 Å². The molecule has 0 saturated carbocycles. The van der Waals surface area contributed by atoms with Crippen molar-refractivity contribution in [1.82, 2.24) is 9.71 Å². The van der Waals surface area contributed by atoms with Gasteiger partial charge in [0.05, 0.1) is 6.20 Å². The zero-order chi connectivity index (χ0) is 16.7. The van der Waals surface area contributed by atoms with E-state index in [9.17, 15) is 0 Å². The smallest absolute Gasteiger partial charge is 0.336 e. The maximum atomic E-state index is 4.50. The Hall–Kier alpha value is -2.39. The van der Waals surface area contributed by atoms with E-state index in [1.165, 1.54) is 22.1 Å². The van der Waals surface area contributed by atoms with Crippen LogP contribution in [0.15, 0.2) is 67.0 Å². The summed E-state index contributed by atoms with van der Waals surface area (Å²) in [4.78, 5) is 4.50. The molecular weight excluding hydrogens is 292 g/mol. The van der Waals surface area contributed by atoms with Crippen LogP contribution >= 0.6 is 0 Å². The molecule has 3 nitrogen and oxygen atoms in total. The van der Waals surface area contributed by atoms with E-state index < -0.39 is 0 Å². The summed E-state index contributed by atoms with van der Waals surface area (Å²) in [6.07, 6.45) is 3.98. The van der Waals surface area contributed by atoms with Crippen LogP contribution in [0, 0.1) is 6.92 Å². The quantitative estimate of drug-likeness (QED) is 0.632. The molecule has 0 saturated heterocycles. The molecule has 4 rings (SSSR count). The van der Waals surface area contributed by atoms with Crippen LogP contribution in [0.3, 0.4) is 0 Å². The van der Waals surface area contributed by atoms with Crippen molar-refractivity contribution in [1.29, 1.82) is 0 Å². The van der Waals surface area contributed by atoms with E-state index in [1.54, 1.807) is 0 Å². The number of benzene rings is 2. The van der Waals surface area contributed by atoms with Crippen molar-refractivity contribution >= 4 is 24.8 Å². The zero-order valence-corrected chi connectivity index (χ0v) is 14.3. The molecule has 24 heavy (non-hydrogen) atoms. The normalized spacial score (nSPS) is 14.1. The average molecular weight is 312 g/mol. The standard InChI is InChI=1S/C19H20B2N3/c1-15-22-13-8-14-24(15)21-19-12-7-5-10-17(19)16-9-4-6-11-18(16)20(2)23(21)3/h4-14H,1-3H3/q+1. The van der Waals surface area contributed by atoms with Gasteiger partial charge in [-0.2, -0.15) is 0 Å². The Bertz CT molecular complexity index is 897. The van der Waals surface area contributed by atoms with Gasteiger partial charge in [-0.15, -0.1) is 0 Å². The summed E-state index contributed by atoms with van der Waals surface area (Å²) in [7, 11) is 2.20. The van der Waals surface area contributed by atoms with Crippen LogP contribution in [-0.4, -0.2) is 30.6 Å². The molecule has 2 aromatic carbocycles. The van der Waals surface area contributed by atoms with E-state index in [2.05, 4.69) is 89.7 Å². The predicted octanol–water partition coefficient (Wildman–Crippen LogP) is 1.36. The lowest BCUT2D eigenvalue weighted by Gasteiger charge is -2.25. The molecule has 1 aliphatic rings. The summed E-state index contributed by atoms with van der Waals surface area (Å²) in [5.41, 5.74) is 5.33. The third kappa shape index (κ3) is 2.28. The second-order valence-corrected chi connectivity index (χ2v) is 6.46. The fraction of sp³-hybridized carbons (Fsp3) is 0.158. The first-order valence-corrected chi connectivity index (χ1v) is 8.41. The van der Waals surface area contributed by atoms with Crippen LogP contribution in [-0.2, 0) is 0 Å². The molecular formula is C19H20B2N3+. The van der Waals surface area contributed by atoms with Gasteiger partial charge in [0.25, 0.3) is 5.82 Å². The van der Waals surface area contributed by atoms with Gasteiger partial charge in [-0.25, -0.2) is 0 Å². The van der Waals surface area contributed by atoms with Gasteiger partial charge < -0.3 is 4.72 Å². The first kappa shape index (κ1) is 15.2. The van der Waals surface area contributed by atoms with Crippen molar-refractivity contribution < 1.29 is 4.48 Å². The topological polar surface area (TPSA) is 20.0 Å². The molecule has 0 aliphatic carbocycles. The lowest BCUT2D eigenvalue weighted by molar-refractivity contribution is -0.552. The van der Waals surface area contributed by atoms with Gasteiger partial charge >= 0.3 is 6.98 Å². The van der Waals surface area contributed by atoms with Gasteiger partial charge in [0.15, 0.2) is 0 Å². The van der Waals surface area contributed by atoms with Gasteiger partial charge in [-0.05, 0) is 23.6 Å². The van der Waals surface area contributed by atoms with Gasteiger partial charge in [0, 0.05) is 13.0 Å². The number of nitrogens with zero attached hydrogens (tertiary/aromatic N) is 3. The summed E-state index contributed by atoms with van der Waals surface area (Å²) in [6.45, 7) is 4.78. The van der Waals surface area contributed by atoms with Crippen LogP contribution in [0.1, 0.15) is 5.82 Å².